The highest BCUT2D eigenvalue weighted by Crippen LogP contribution is 2.49. The Hall–Kier alpha value is -2.88. The maximum atomic E-state index is 14.4. The first kappa shape index (κ1) is 20.0. The number of cyclic esters (lactones) is 1. The Balaban J connectivity index is 1.64. The Bertz CT molecular complexity index is 1020. The van der Waals surface area contributed by atoms with Crippen LogP contribution in [0.25, 0.3) is 11.4 Å². The highest BCUT2D eigenvalue weighted by Gasteiger charge is 2.42. The molecule has 0 unspecified atom stereocenters. The van der Waals surface area contributed by atoms with E-state index in [1.807, 2.05) is 11.8 Å². The standard InChI is InChI=1S/C21H24F2N6O2/c1-11-9-29(6-5-24-11)15-8-13(21(2,22)23)7-14(27-15)17-16-18(12-3-4-12)31-20(30)28-19(16)26-10-25-17/h7-8,10-12,18,24H,3-6,9H2,1-2H3,(H,25,26,28,30)/t11-,18+/m0/s1. The molecule has 5 rings (SSSR count). The minimum atomic E-state index is -3.04. The summed E-state index contributed by atoms with van der Waals surface area (Å²) in [6.07, 6.45) is 2.10. The van der Waals surface area contributed by atoms with E-state index in [0.29, 0.717) is 41.7 Å². The van der Waals surface area contributed by atoms with E-state index in [-0.39, 0.29) is 17.5 Å². The molecule has 2 aromatic rings. The predicted octanol–water partition coefficient (Wildman–Crippen LogP) is 3.46. The molecule has 1 amide bonds. The van der Waals surface area contributed by atoms with Crippen molar-refractivity contribution in [1.82, 2.24) is 20.3 Å². The van der Waals surface area contributed by atoms with E-state index in [1.54, 1.807) is 0 Å². The third-order valence-electron chi connectivity index (χ3n) is 5.93. The number of hydrogen-bond donors (Lipinski definition) is 2. The normalized spacial score (nSPS) is 23.7. The second kappa shape index (κ2) is 7.37. The first-order valence-corrected chi connectivity index (χ1v) is 10.5. The van der Waals surface area contributed by atoms with Crippen molar-refractivity contribution in [3.63, 3.8) is 0 Å². The second-order valence-electron chi connectivity index (χ2n) is 8.56. The van der Waals surface area contributed by atoms with Gasteiger partial charge in [0, 0.05) is 44.1 Å². The minimum Gasteiger partial charge on any atom is -0.441 e. The van der Waals surface area contributed by atoms with Gasteiger partial charge in [0.05, 0.1) is 11.3 Å². The van der Waals surface area contributed by atoms with E-state index < -0.39 is 18.1 Å². The van der Waals surface area contributed by atoms with Crippen molar-refractivity contribution in [2.45, 2.75) is 44.8 Å². The van der Waals surface area contributed by atoms with Gasteiger partial charge in [0.15, 0.2) is 0 Å². The molecular weight excluding hydrogens is 406 g/mol. The highest BCUT2D eigenvalue weighted by atomic mass is 19.3. The number of pyridine rings is 1. The van der Waals surface area contributed by atoms with Crippen LogP contribution in [0.4, 0.5) is 25.2 Å². The van der Waals surface area contributed by atoms with Crippen molar-refractivity contribution in [3.05, 3.63) is 29.6 Å². The van der Waals surface area contributed by atoms with Crippen LogP contribution in [-0.2, 0) is 10.7 Å². The monoisotopic (exact) mass is 430 g/mol. The van der Waals surface area contributed by atoms with Crippen molar-refractivity contribution >= 4 is 17.7 Å². The summed E-state index contributed by atoms with van der Waals surface area (Å²) in [4.78, 5) is 27.3. The molecule has 0 radical (unpaired) electrons. The van der Waals surface area contributed by atoms with E-state index in [9.17, 15) is 13.6 Å². The topological polar surface area (TPSA) is 92.3 Å². The highest BCUT2D eigenvalue weighted by molar-refractivity contribution is 5.88. The summed E-state index contributed by atoms with van der Waals surface area (Å²) in [5.41, 5.74) is 1.21. The largest absolute Gasteiger partial charge is 0.441 e. The zero-order chi connectivity index (χ0) is 21.8. The Morgan fingerprint density at radius 1 is 1.26 bits per heavy atom. The number of nitrogens with zero attached hydrogens (tertiary/aromatic N) is 4. The Morgan fingerprint density at radius 3 is 2.77 bits per heavy atom. The second-order valence-corrected chi connectivity index (χ2v) is 8.56. The smallest absolute Gasteiger partial charge is 0.413 e. The summed E-state index contributed by atoms with van der Waals surface area (Å²) < 4.78 is 34.3. The van der Waals surface area contributed by atoms with Crippen LogP contribution in [0.1, 0.15) is 43.9 Å². The number of amides is 1. The zero-order valence-electron chi connectivity index (χ0n) is 17.4. The van der Waals surface area contributed by atoms with Crippen LogP contribution in [0.3, 0.4) is 0 Å². The molecule has 2 atom stereocenters. The fraction of sp³-hybridized carbons (Fsp3) is 0.524. The lowest BCUT2D eigenvalue weighted by Gasteiger charge is -2.33. The zero-order valence-corrected chi connectivity index (χ0v) is 17.4. The molecule has 164 valence electrons. The third kappa shape index (κ3) is 3.91. The number of anilines is 2. The quantitative estimate of drug-likeness (QED) is 0.767. The Labute approximate surface area is 178 Å². The van der Waals surface area contributed by atoms with E-state index in [0.717, 1.165) is 26.3 Å². The molecule has 8 nitrogen and oxygen atoms in total. The molecule has 31 heavy (non-hydrogen) atoms. The van der Waals surface area contributed by atoms with E-state index in [4.69, 9.17) is 9.72 Å². The number of aromatic nitrogens is 3. The number of nitrogens with one attached hydrogen (secondary N) is 2. The molecule has 0 aromatic carbocycles. The van der Waals surface area contributed by atoms with Crippen LogP contribution in [0.2, 0.25) is 0 Å². The molecule has 0 spiro atoms. The number of carbonyl (C=O) groups is 1. The van der Waals surface area contributed by atoms with Gasteiger partial charge in [-0.2, -0.15) is 0 Å². The number of ether oxygens (including phenoxy) is 1. The number of piperazine rings is 1. The first-order valence-electron chi connectivity index (χ1n) is 10.5. The summed E-state index contributed by atoms with van der Waals surface area (Å²) in [6, 6.07) is 3.05. The van der Waals surface area contributed by atoms with Gasteiger partial charge in [0.1, 0.15) is 29.8 Å². The van der Waals surface area contributed by atoms with Gasteiger partial charge in [-0.25, -0.2) is 28.5 Å². The molecule has 4 heterocycles. The fourth-order valence-corrected chi connectivity index (χ4v) is 4.19. The van der Waals surface area contributed by atoms with Crippen molar-refractivity contribution in [2.24, 2.45) is 5.92 Å². The number of hydrogen-bond acceptors (Lipinski definition) is 7. The molecule has 10 heteroatoms. The minimum absolute atomic E-state index is 0.130. The van der Waals surface area contributed by atoms with Gasteiger partial charge >= 0.3 is 6.09 Å². The third-order valence-corrected chi connectivity index (χ3v) is 5.93. The van der Waals surface area contributed by atoms with Crippen LogP contribution in [0, 0.1) is 5.92 Å². The summed E-state index contributed by atoms with van der Waals surface area (Å²) in [5, 5.41) is 5.95. The average Bonchev–Trinajstić information content (AvgIpc) is 3.57. The molecule has 1 aliphatic carbocycles. The molecular formula is C21H24F2N6O2. The van der Waals surface area contributed by atoms with Gasteiger partial charge in [-0.3, -0.25) is 5.32 Å². The van der Waals surface area contributed by atoms with Gasteiger partial charge in [0.25, 0.3) is 5.92 Å². The van der Waals surface area contributed by atoms with Crippen LogP contribution in [0.5, 0.6) is 0 Å². The van der Waals surface area contributed by atoms with Gasteiger partial charge in [-0.15, -0.1) is 0 Å². The van der Waals surface area contributed by atoms with Crippen molar-refractivity contribution in [3.8, 4) is 11.4 Å². The van der Waals surface area contributed by atoms with Gasteiger partial charge in [-0.1, -0.05) is 0 Å². The predicted molar refractivity (Wildman–Crippen MR) is 110 cm³/mol. The van der Waals surface area contributed by atoms with Crippen LogP contribution in [-0.4, -0.2) is 46.7 Å². The molecule has 3 aliphatic rings. The summed E-state index contributed by atoms with van der Waals surface area (Å²) in [7, 11) is 0. The number of fused-ring (bicyclic) bond motifs is 1. The van der Waals surface area contributed by atoms with Crippen LogP contribution >= 0.6 is 0 Å². The van der Waals surface area contributed by atoms with Crippen LogP contribution < -0.4 is 15.5 Å². The molecule has 2 aromatic heterocycles. The van der Waals surface area contributed by atoms with E-state index >= 15 is 0 Å². The van der Waals surface area contributed by atoms with Crippen molar-refractivity contribution < 1.29 is 18.3 Å². The lowest BCUT2D eigenvalue weighted by molar-refractivity contribution is 0.0174. The Morgan fingerprint density at radius 2 is 2.06 bits per heavy atom. The lowest BCUT2D eigenvalue weighted by Crippen LogP contribution is -2.49. The molecule has 2 fully saturated rings. The molecule has 0 bridgehead atoms. The van der Waals surface area contributed by atoms with Gasteiger partial charge in [0.2, 0.25) is 0 Å². The molecule has 1 saturated heterocycles. The summed E-state index contributed by atoms with van der Waals surface area (Å²) >= 11 is 0. The summed E-state index contributed by atoms with van der Waals surface area (Å²) in [5.74, 6) is -2.02. The molecule has 1 saturated carbocycles. The first-order chi connectivity index (χ1) is 14.8. The maximum absolute atomic E-state index is 14.4. The maximum Gasteiger partial charge on any atom is 0.413 e. The number of alkyl halides is 2. The van der Waals surface area contributed by atoms with Gasteiger partial charge in [-0.05, 0) is 31.9 Å². The van der Waals surface area contributed by atoms with Crippen LogP contribution in [0.15, 0.2) is 18.5 Å². The van der Waals surface area contributed by atoms with Crippen molar-refractivity contribution in [2.75, 3.05) is 29.9 Å². The van der Waals surface area contributed by atoms with Gasteiger partial charge < -0.3 is 15.0 Å². The van der Waals surface area contributed by atoms with E-state index in [2.05, 4.69) is 20.6 Å². The Kier molecular flexibility index (Phi) is 4.76. The fourth-order valence-electron chi connectivity index (χ4n) is 4.19. The molecule has 2 N–H and O–H groups in total. The average molecular weight is 430 g/mol. The molecule has 2 aliphatic heterocycles. The summed E-state index contributed by atoms with van der Waals surface area (Å²) in [6.45, 7) is 5.00. The lowest BCUT2D eigenvalue weighted by atomic mass is 9.99. The number of halogens is 2. The van der Waals surface area contributed by atoms with E-state index in [1.165, 1.54) is 18.5 Å². The van der Waals surface area contributed by atoms with Crippen molar-refractivity contribution in [1.29, 1.82) is 0 Å². The SMILES string of the molecule is C[C@H]1CN(c2cc(C(C)(F)F)cc(-c3ncnc4c3[C@@H](C3CC3)OC(=O)N4)n2)CCN1. The number of rotatable bonds is 4. The number of carbonyl (C=O) groups excluding carboxylic acids is 1.